The maximum atomic E-state index is 14.3. The van der Waals surface area contributed by atoms with E-state index in [1.54, 1.807) is 7.11 Å². The molecule has 0 rings (SSSR count). The molecule has 0 aliphatic rings. The third kappa shape index (κ3) is 52.6. The van der Waals surface area contributed by atoms with Crippen LogP contribution in [0.2, 0.25) is 0 Å². The summed E-state index contributed by atoms with van der Waals surface area (Å²) in [5.41, 5.74) is 0. The normalized spacial score (nSPS) is 13.8. The van der Waals surface area contributed by atoms with Crippen molar-refractivity contribution < 1.29 is 247 Å². The highest BCUT2D eigenvalue weighted by molar-refractivity contribution is 5.11. The van der Waals surface area contributed by atoms with Crippen LogP contribution in [0.25, 0.3) is 0 Å². The minimum atomic E-state index is -8.20. The molecule has 0 heterocycles. The lowest BCUT2D eigenvalue weighted by atomic mass is 9.92. The first kappa shape index (κ1) is 123. The number of rotatable bonds is 96. The van der Waals surface area contributed by atoms with Crippen LogP contribution in [0, 0.1) is 0 Å². The van der Waals surface area contributed by atoms with Crippen LogP contribution in [0.4, 0.5) is 114 Å². The number of hydrogen-bond acceptors (Lipinski definition) is 28. The van der Waals surface area contributed by atoms with Gasteiger partial charge in [0.25, 0.3) is 0 Å². The van der Waals surface area contributed by atoms with Gasteiger partial charge >= 0.3 is 71.6 Å². The molecule has 0 aliphatic carbocycles. The maximum Gasteiger partial charge on any atom is 0.460 e. The van der Waals surface area contributed by atoms with Crippen LogP contribution in [0.15, 0.2) is 0 Å². The summed E-state index contributed by atoms with van der Waals surface area (Å²) in [5.74, 6) is -77.0. The summed E-state index contributed by atoms with van der Waals surface area (Å²) in [6.07, 6.45) is -26.1. The van der Waals surface area contributed by atoms with Crippen LogP contribution in [-0.4, -0.2) is 442 Å². The lowest BCUT2D eigenvalue weighted by molar-refractivity contribution is -0.440. The predicted octanol–water partition coefficient (Wildman–Crippen LogP) is 10.5. The van der Waals surface area contributed by atoms with E-state index in [0.29, 0.717) is 258 Å². The second kappa shape index (κ2) is 71.6. The van der Waals surface area contributed by atoms with Crippen molar-refractivity contribution in [3.8, 4) is 0 Å². The molecule has 0 bridgehead atoms. The Morgan fingerprint density at radius 1 is 0.151 bits per heavy atom. The molecular weight excluding hydrogens is 1810 g/mol. The van der Waals surface area contributed by atoms with E-state index in [0.717, 1.165) is 0 Å². The van der Waals surface area contributed by atoms with Crippen molar-refractivity contribution in [3.63, 3.8) is 0 Å². The summed E-state index contributed by atoms with van der Waals surface area (Å²) in [6, 6.07) is 0. The summed E-state index contributed by atoms with van der Waals surface area (Å²) in [6.45, 7) is 12.1. The molecule has 0 saturated heterocycles. The first-order valence-corrected chi connectivity index (χ1v) is 39.7. The first-order chi connectivity index (χ1) is 59.6. The number of methoxy groups -OCH3 is 1. The van der Waals surface area contributed by atoms with Crippen LogP contribution >= 0.6 is 0 Å². The maximum absolute atomic E-state index is 14.3. The van der Waals surface area contributed by atoms with E-state index in [1.165, 1.54) is 0 Å². The summed E-state index contributed by atoms with van der Waals surface area (Å²) < 4.78 is 501. The Labute approximate surface area is 712 Å². The quantitative estimate of drug-likeness (QED) is 0.0405. The highest BCUT2D eigenvalue weighted by Crippen LogP contribution is 2.62. The van der Waals surface area contributed by atoms with Gasteiger partial charge in [-0.25, -0.2) is 0 Å². The molecule has 0 aromatic heterocycles. The van der Waals surface area contributed by atoms with Gasteiger partial charge in [-0.15, -0.1) is 0 Å². The average molecular weight is 1930 g/mol. The van der Waals surface area contributed by atoms with E-state index in [9.17, 15) is 114 Å². The van der Waals surface area contributed by atoms with Crippen molar-refractivity contribution in [3.05, 3.63) is 0 Å². The Balaban J connectivity index is 3.88. The highest BCUT2D eigenvalue weighted by Gasteiger charge is 2.92. The summed E-state index contributed by atoms with van der Waals surface area (Å²) in [7, 11) is 1.62. The van der Waals surface area contributed by atoms with Crippen molar-refractivity contribution in [2.75, 3.05) is 364 Å². The Hall–Kier alpha value is -2.94. The number of halogens is 26. The largest absolute Gasteiger partial charge is 0.460 e. The second-order valence-electron chi connectivity index (χ2n) is 25.5. The molecular formula is C72H120F26O28. The monoisotopic (exact) mass is 1930 g/mol. The Bertz CT molecular complexity index is 2480. The summed E-state index contributed by atoms with van der Waals surface area (Å²) in [4.78, 5) is 0. The van der Waals surface area contributed by atoms with Crippen LogP contribution in [0.3, 0.4) is 0 Å². The highest BCUT2D eigenvalue weighted by atomic mass is 19.4. The number of hydrogen-bond donors (Lipinski definition) is 0. The minimum Gasteiger partial charge on any atom is -0.382 e. The third-order valence-electron chi connectivity index (χ3n) is 15.7. The summed E-state index contributed by atoms with van der Waals surface area (Å²) in [5, 5.41) is 0. The molecule has 0 aromatic carbocycles. The van der Waals surface area contributed by atoms with Crippen LogP contribution in [-0.2, 0) is 133 Å². The molecule has 54 heteroatoms. The fourth-order valence-electron chi connectivity index (χ4n) is 8.85. The first-order valence-electron chi connectivity index (χ1n) is 39.7. The molecule has 0 aliphatic heterocycles. The molecule has 0 aromatic rings. The molecule has 0 saturated carbocycles. The van der Waals surface area contributed by atoms with Crippen molar-refractivity contribution in [2.45, 2.75) is 103 Å². The van der Waals surface area contributed by atoms with Crippen LogP contribution < -0.4 is 0 Å². The molecule has 126 heavy (non-hydrogen) atoms. The molecule has 0 radical (unpaired) electrons. The van der Waals surface area contributed by atoms with Gasteiger partial charge in [-0.1, -0.05) is 0 Å². The fourth-order valence-corrected chi connectivity index (χ4v) is 8.85. The van der Waals surface area contributed by atoms with Crippen molar-refractivity contribution in [2.24, 2.45) is 0 Å². The van der Waals surface area contributed by atoms with Gasteiger partial charge in [0, 0.05) is 33.2 Å². The van der Waals surface area contributed by atoms with Gasteiger partial charge in [0.15, 0.2) is 0 Å². The van der Waals surface area contributed by atoms with Crippen LogP contribution in [0.1, 0.15) is 25.7 Å². The van der Waals surface area contributed by atoms with Gasteiger partial charge in [-0.05, 0) is 12.8 Å². The second-order valence-corrected chi connectivity index (χ2v) is 25.5. The van der Waals surface area contributed by atoms with Crippen LogP contribution in [0.5, 0.6) is 0 Å². The molecule has 1 atom stereocenters. The van der Waals surface area contributed by atoms with E-state index >= 15 is 0 Å². The standard InChI is InChI=1S/C72H120F26O28/c1-99-8-9-100-10-11-101-12-13-102-14-15-103-16-17-104-18-19-105-20-21-106-22-23-107-24-25-108-26-27-109-28-29-110-30-31-111-32-33-112-34-35-113-36-37-114-38-39-115-40-41-116-42-43-117-44-45-118-46-47-119-48-49-120-50-51-121-52-53-122-54-55-123-56-57-125-59-60(126-7-3-5-62(75,76)64(79,80)66(83,84)68(87,88)70(91,92)72(96,97)98)58-124-6-2-4-61(73,74)63(77,78)65(81,82)67(85,86)69(89,90)71(93,94)95/h60H,2-59H2,1H3. The van der Waals surface area contributed by atoms with Crippen molar-refractivity contribution >= 4 is 0 Å². The van der Waals surface area contributed by atoms with Gasteiger partial charge < -0.3 is 133 Å². The molecule has 0 amide bonds. The topological polar surface area (TPSA) is 258 Å². The van der Waals surface area contributed by atoms with Gasteiger partial charge in [0.1, 0.15) is 6.10 Å². The molecule has 0 spiro atoms. The zero-order valence-corrected chi connectivity index (χ0v) is 69.8. The van der Waals surface area contributed by atoms with Crippen molar-refractivity contribution in [1.29, 1.82) is 0 Å². The molecule has 0 fully saturated rings. The van der Waals surface area contributed by atoms with Gasteiger partial charge in [-0.3, -0.25) is 0 Å². The smallest absolute Gasteiger partial charge is 0.382 e. The fraction of sp³-hybridized carbons (Fsp3) is 1.00. The van der Waals surface area contributed by atoms with E-state index in [1.807, 2.05) is 0 Å². The van der Waals surface area contributed by atoms with Gasteiger partial charge in [0.05, 0.1) is 344 Å². The van der Waals surface area contributed by atoms with E-state index in [2.05, 4.69) is 0 Å². The number of alkyl halides is 26. The SMILES string of the molecule is COCCOCCOCCOCCOCCOCCOCCOCCOCCOCCOCCOCCOCCOCCOCCOCCOCCOCCOCCOCCOCCOCCOCCOCCOCCOCC(COCCCC(F)(F)C(F)(F)C(F)(F)C(F)(F)C(F)(F)C(F)(F)F)OCCCC(F)(F)C(F)(F)C(F)(F)C(F)(F)C(F)(F)C(F)(F)F. The van der Waals surface area contributed by atoms with E-state index in [-0.39, 0.29) is 66.1 Å². The van der Waals surface area contributed by atoms with Crippen molar-refractivity contribution in [1.82, 2.24) is 0 Å². The predicted molar refractivity (Wildman–Crippen MR) is 383 cm³/mol. The Kier molecular flexibility index (Phi) is 69.9. The number of ether oxygens (including phenoxy) is 28. The van der Waals surface area contributed by atoms with E-state index in [4.69, 9.17) is 133 Å². The zero-order chi connectivity index (χ0) is 94.4. The Morgan fingerprint density at radius 2 is 0.286 bits per heavy atom. The zero-order valence-electron chi connectivity index (χ0n) is 69.8. The average Bonchev–Trinajstić information content (AvgIpc) is 0.717. The Morgan fingerprint density at radius 3 is 0.444 bits per heavy atom. The van der Waals surface area contributed by atoms with Gasteiger partial charge in [-0.2, -0.15) is 114 Å². The molecule has 758 valence electrons. The third-order valence-corrected chi connectivity index (χ3v) is 15.7. The molecule has 1 unspecified atom stereocenters. The summed E-state index contributed by atoms with van der Waals surface area (Å²) >= 11 is 0. The van der Waals surface area contributed by atoms with E-state index < -0.39 is 136 Å². The molecule has 0 N–H and O–H groups in total. The lowest BCUT2D eigenvalue weighted by Crippen LogP contribution is -2.70. The van der Waals surface area contributed by atoms with Gasteiger partial charge in [0.2, 0.25) is 0 Å². The minimum absolute atomic E-state index is 0.0413. The molecule has 28 nitrogen and oxygen atoms in total. The lowest BCUT2D eigenvalue weighted by Gasteiger charge is -2.39.